The van der Waals surface area contributed by atoms with Crippen molar-refractivity contribution in [3.05, 3.63) is 88.9 Å². The Balaban J connectivity index is 1.93. The average Bonchev–Trinajstić information content (AvgIpc) is 2.79. The van der Waals surface area contributed by atoms with Crippen LogP contribution < -0.4 is 14.8 Å². The summed E-state index contributed by atoms with van der Waals surface area (Å²) in [5, 5.41) is 2.50. The van der Waals surface area contributed by atoms with Gasteiger partial charge in [0.25, 0.3) is 0 Å². The van der Waals surface area contributed by atoms with E-state index in [1.165, 1.54) is 31.4 Å². The maximum absolute atomic E-state index is 13.1. The Bertz CT molecular complexity index is 1270. The minimum absolute atomic E-state index is 0.00801. The van der Waals surface area contributed by atoms with Crippen LogP contribution in [0.25, 0.3) is 0 Å². The van der Waals surface area contributed by atoms with Crippen LogP contribution in [-0.4, -0.2) is 27.5 Å². The summed E-state index contributed by atoms with van der Waals surface area (Å²) in [7, 11) is -3.03. The van der Waals surface area contributed by atoms with Crippen molar-refractivity contribution < 1.29 is 31.1 Å². The third-order valence-corrected chi connectivity index (χ3v) is 6.50. The smallest absolute Gasteiger partial charge is 0.416 e. The number of ether oxygens (including phenoxy) is 1. The molecule has 0 aliphatic carbocycles. The molecule has 0 unspecified atom stereocenters. The summed E-state index contributed by atoms with van der Waals surface area (Å²) in [6.07, 6.45) is -4.66. The zero-order valence-electron chi connectivity index (χ0n) is 17.8. The molecule has 0 heterocycles. The number of anilines is 1. The van der Waals surface area contributed by atoms with Crippen molar-refractivity contribution in [1.29, 1.82) is 0 Å². The number of sulfonamides is 1. The van der Waals surface area contributed by atoms with E-state index in [0.717, 1.165) is 18.2 Å². The zero-order valence-corrected chi connectivity index (χ0v) is 19.3. The standard InChI is InChI=1S/C23H20ClF3N2O4S/c1-33-20-11-10-17(24)14-21(20)34(31,32)29-19(12-15-6-3-2-4-7-15)22(30)28-18-9-5-8-16(13-18)23(25,26)27/h2-11,13-14,19,29H,12H2,1H3,(H,28,30)/t19-/m1/s1. The fourth-order valence-corrected chi connectivity index (χ4v) is 4.78. The number of nitrogens with one attached hydrogen (secondary N) is 2. The summed E-state index contributed by atoms with van der Waals surface area (Å²) in [6.45, 7) is 0. The molecule has 0 spiro atoms. The van der Waals surface area contributed by atoms with Gasteiger partial charge in [0.1, 0.15) is 16.7 Å². The number of benzene rings is 3. The van der Waals surface area contributed by atoms with Crippen LogP contribution in [0, 0.1) is 0 Å². The number of alkyl halides is 3. The van der Waals surface area contributed by atoms with Gasteiger partial charge < -0.3 is 10.1 Å². The van der Waals surface area contributed by atoms with E-state index >= 15 is 0 Å². The zero-order chi connectivity index (χ0) is 24.9. The molecule has 11 heteroatoms. The van der Waals surface area contributed by atoms with Crippen molar-refractivity contribution in [1.82, 2.24) is 4.72 Å². The molecule has 3 rings (SSSR count). The van der Waals surface area contributed by atoms with Gasteiger partial charge in [-0.15, -0.1) is 0 Å². The molecule has 0 bridgehead atoms. The summed E-state index contributed by atoms with van der Waals surface area (Å²) < 4.78 is 72.8. The van der Waals surface area contributed by atoms with Gasteiger partial charge in [0.05, 0.1) is 12.7 Å². The minimum atomic E-state index is -4.60. The first-order chi connectivity index (χ1) is 16.0. The van der Waals surface area contributed by atoms with Crippen LogP contribution in [0.1, 0.15) is 11.1 Å². The molecule has 0 aliphatic heterocycles. The predicted octanol–water partition coefficient (Wildman–Crippen LogP) is 4.90. The fraction of sp³-hybridized carbons (Fsp3) is 0.174. The van der Waals surface area contributed by atoms with E-state index in [9.17, 15) is 26.4 Å². The van der Waals surface area contributed by atoms with Gasteiger partial charge >= 0.3 is 6.18 Å². The lowest BCUT2D eigenvalue weighted by Crippen LogP contribution is -2.45. The summed E-state index contributed by atoms with van der Waals surface area (Å²) in [4.78, 5) is 12.7. The average molecular weight is 513 g/mol. The first-order valence-electron chi connectivity index (χ1n) is 9.87. The fourth-order valence-electron chi connectivity index (χ4n) is 3.15. The summed E-state index contributed by atoms with van der Waals surface area (Å²) in [6, 6.07) is 15.3. The van der Waals surface area contributed by atoms with E-state index in [1.807, 2.05) is 0 Å². The Morgan fingerprint density at radius 2 is 1.74 bits per heavy atom. The Labute approximate surface area is 199 Å². The van der Waals surface area contributed by atoms with Gasteiger partial charge in [0.2, 0.25) is 15.9 Å². The van der Waals surface area contributed by atoms with Crippen LogP contribution in [0.3, 0.4) is 0 Å². The maximum atomic E-state index is 13.1. The quantitative estimate of drug-likeness (QED) is 0.450. The largest absolute Gasteiger partial charge is 0.495 e. The molecule has 0 saturated heterocycles. The van der Waals surface area contributed by atoms with Gasteiger partial charge in [-0.2, -0.15) is 17.9 Å². The van der Waals surface area contributed by atoms with Gasteiger partial charge in [-0.05, 0) is 48.4 Å². The third kappa shape index (κ3) is 6.49. The Morgan fingerprint density at radius 1 is 1.03 bits per heavy atom. The summed E-state index contributed by atoms with van der Waals surface area (Å²) >= 11 is 5.95. The van der Waals surface area contributed by atoms with Crippen molar-refractivity contribution >= 4 is 33.2 Å². The van der Waals surface area contributed by atoms with Crippen LogP contribution in [-0.2, 0) is 27.4 Å². The summed E-state index contributed by atoms with van der Waals surface area (Å²) in [5.41, 5.74) is -0.445. The molecule has 0 saturated carbocycles. The van der Waals surface area contributed by atoms with Gasteiger partial charge in [0, 0.05) is 10.7 Å². The minimum Gasteiger partial charge on any atom is -0.495 e. The first kappa shape index (κ1) is 25.5. The Hall–Kier alpha value is -3.08. The lowest BCUT2D eigenvalue weighted by atomic mass is 10.1. The summed E-state index contributed by atoms with van der Waals surface area (Å²) in [5.74, 6) is -0.832. The second-order valence-corrected chi connectivity index (χ2v) is 9.35. The topological polar surface area (TPSA) is 84.5 Å². The molecule has 0 fully saturated rings. The second-order valence-electron chi connectivity index (χ2n) is 7.23. The number of halogens is 4. The highest BCUT2D eigenvalue weighted by molar-refractivity contribution is 7.89. The van der Waals surface area contributed by atoms with Crippen LogP contribution in [0.2, 0.25) is 5.02 Å². The van der Waals surface area contributed by atoms with Crippen molar-refractivity contribution in [2.75, 3.05) is 12.4 Å². The number of amides is 1. The molecule has 3 aromatic carbocycles. The Morgan fingerprint density at radius 3 is 2.38 bits per heavy atom. The number of carbonyl (C=O) groups is 1. The molecule has 0 radical (unpaired) electrons. The molecule has 6 nitrogen and oxygen atoms in total. The van der Waals surface area contributed by atoms with Crippen LogP contribution in [0.15, 0.2) is 77.7 Å². The number of hydrogen-bond donors (Lipinski definition) is 2. The van der Waals surface area contributed by atoms with E-state index in [0.29, 0.717) is 5.56 Å². The highest BCUT2D eigenvalue weighted by Gasteiger charge is 2.32. The van der Waals surface area contributed by atoms with Crippen molar-refractivity contribution in [3.63, 3.8) is 0 Å². The maximum Gasteiger partial charge on any atom is 0.416 e. The van der Waals surface area contributed by atoms with E-state index in [1.54, 1.807) is 30.3 Å². The van der Waals surface area contributed by atoms with Gasteiger partial charge in [-0.25, -0.2) is 8.42 Å². The van der Waals surface area contributed by atoms with Gasteiger partial charge in [-0.3, -0.25) is 4.79 Å². The Kier molecular flexibility index (Phi) is 7.86. The van der Waals surface area contributed by atoms with E-state index in [2.05, 4.69) is 10.0 Å². The molecule has 1 amide bonds. The van der Waals surface area contributed by atoms with Crippen LogP contribution in [0.5, 0.6) is 5.75 Å². The normalized spacial score (nSPS) is 12.7. The lowest BCUT2D eigenvalue weighted by molar-refractivity contribution is -0.137. The van der Waals surface area contributed by atoms with E-state index in [-0.39, 0.29) is 27.8 Å². The molecule has 180 valence electrons. The SMILES string of the molecule is COc1ccc(Cl)cc1S(=O)(=O)N[C@H](Cc1ccccc1)C(=O)Nc1cccc(C(F)(F)F)c1. The third-order valence-electron chi connectivity index (χ3n) is 4.77. The molecular weight excluding hydrogens is 493 g/mol. The highest BCUT2D eigenvalue weighted by atomic mass is 35.5. The molecule has 1 atom stereocenters. The molecule has 34 heavy (non-hydrogen) atoms. The predicted molar refractivity (Wildman–Crippen MR) is 122 cm³/mol. The molecule has 0 aliphatic rings. The monoisotopic (exact) mass is 512 g/mol. The molecule has 3 aromatic rings. The van der Waals surface area contributed by atoms with E-state index < -0.39 is 33.7 Å². The number of methoxy groups -OCH3 is 1. The second kappa shape index (κ2) is 10.5. The van der Waals surface area contributed by atoms with Crippen molar-refractivity contribution in [3.8, 4) is 5.75 Å². The van der Waals surface area contributed by atoms with E-state index in [4.69, 9.17) is 16.3 Å². The van der Waals surface area contributed by atoms with Gasteiger partial charge in [0.15, 0.2) is 0 Å². The number of carbonyl (C=O) groups excluding carboxylic acids is 1. The molecule has 0 aromatic heterocycles. The van der Waals surface area contributed by atoms with Crippen molar-refractivity contribution in [2.45, 2.75) is 23.5 Å². The highest BCUT2D eigenvalue weighted by Crippen LogP contribution is 2.31. The van der Waals surface area contributed by atoms with Crippen LogP contribution in [0.4, 0.5) is 18.9 Å². The molecular formula is C23H20ClF3N2O4S. The molecule has 2 N–H and O–H groups in total. The first-order valence-corrected chi connectivity index (χ1v) is 11.7. The van der Waals surface area contributed by atoms with Crippen LogP contribution >= 0.6 is 11.6 Å². The van der Waals surface area contributed by atoms with Crippen molar-refractivity contribution in [2.24, 2.45) is 0 Å². The van der Waals surface area contributed by atoms with Gasteiger partial charge in [-0.1, -0.05) is 48.0 Å². The lowest BCUT2D eigenvalue weighted by Gasteiger charge is -2.20. The number of hydrogen-bond acceptors (Lipinski definition) is 4. The number of rotatable bonds is 8.